The summed E-state index contributed by atoms with van der Waals surface area (Å²) >= 11 is 0. The van der Waals surface area contributed by atoms with E-state index in [4.69, 9.17) is 16.0 Å². The quantitative estimate of drug-likeness (QED) is 0.193. The fraction of sp³-hybridized carbons (Fsp3) is 0.105. The van der Waals surface area contributed by atoms with Crippen LogP contribution in [-0.4, -0.2) is 23.5 Å². The molecule has 0 heterocycles. The molecule has 2 aromatic rings. The van der Waals surface area contributed by atoms with Gasteiger partial charge in [0.2, 0.25) is 0 Å². The minimum Gasteiger partial charge on any atom is -0.471 e. The lowest BCUT2D eigenvalue weighted by molar-refractivity contribution is -0.384. The van der Waals surface area contributed by atoms with Gasteiger partial charge in [-0.3, -0.25) is 14.9 Å². The topological polar surface area (TPSA) is 100 Å². The van der Waals surface area contributed by atoms with E-state index in [9.17, 15) is 19.7 Å². The number of hydrogen-bond acceptors (Lipinski definition) is 6. The largest absolute Gasteiger partial charge is 0.471 e. The third-order valence-electron chi connectivity index (χ3n) is 3.31. The highest BCUT2D eigenvalue weighted by Gasteiger charge is 2.12. The van der Waals surface area contributed by atoms with Crippen molar-refractivity contribution in [1.29, 1.82) is 0 Å². The standard InChI is InChI=1S/C19H14N2O6/c1-3-26-19(23)17(20-2)12-13-4-10-16(11-5-13)27-18(22)14-6-8-15(9-7-14)21(24)25/h4-12H,3H2,1H3/b17-12-. The van der Waals surface area contributed by atoms with Crippen LogP contribution in [0.5, 0.6) is 5.75 Å². The number of non-ortho nitro benzene ring substituents is 1. The molecule has 0 saturated carbocycles. The molecule has 2 rings (SSSR count). The van der Waals surface area contributed by atoms with Crippen LogP contribution in [0.25, 0.3) is 10.9 Å². The molecule has 0 amide bonds. The maximum Gasteiger partial charge on any atom is 0.343 e. The highest BCUT2D eigenvalue weighted by molar-refractivity contribution is 5.95. The first kappa shape index (κ1) is 19.3. The van der Waals surface area contributed by atoms with Gasteiger partial charge in [0, 0.05) is 12.1 Å². The number of rotatable bonds is 6. The molecular formula is C19H14N2O6. The number of benzene rings is 2. The van der Waals surface area contributed by atoms with Gasteiger partial charge in [0.05, 0.1) is 23.7 Å². The maximum atomic E-state index is 12.1. The fourth-order valence-corrected chi connectivity index (χ4v) is 2.02. The van der Waals surface area contributed by atoms with E-state index in [2.05, 4.69) is 4.85 Å². The molecule has 0 aromatic heterocycles. The van der Waals surface area contributed by atoms with E-state index in [-0.39, 0.29) is 29.3 Å². The summed E-state index contributed by atoms with van der Waals surface area (Å²) in [4.78, 5) is 36.9. The predicted octanol–water partition coefficient (Wildman–Crippen LogP) is 3.64. The summed E-state index contributed by atoms with van der Waals surface area (Å²) in [5.41, 5.74) is 0.443. The van der Waals surface area contributed by atoms with Gasteiger partial charge in [-0.25, -0.2) is 9.64 Å². The van der Waals surface area contributed by atoms with Crippen LogP contribution in [0.15, 0.2) is 54.2 Å². The van der Waals surface area contributed by atoms with Gasteiger partial charge in [-0.2, -0.15) is 0 Å². The van der Waals surface area contributed by atoms with E-state index >= 15 is 0 Å². The lowest BCUT2D eigenvalue weighted by Gasteiger charge is -2.05. The van der Waals surface area contributed by atoms with Crippen molar-refractivity contribution in [1.82, 2.24) is 0 Å². The summed E-state index contributed by atoms with van der Waals surface area (Å²) in [7, 11) is 0. The van der Waals surface area contributed by atoms with Crippen LogP contribution in [0.3, 0.4) is 0 Å². The lowest BCUT2D eigenvalue weighted by Crippen LogP contribution is -2.08. The Balaban J connectivity index is 2.09. The van der Waals surface area contributed by atoms with E-state index in [0.717, 1.165) is 0 Å². The number of carbonyl (C=O) groups excluding carboxylic acids is 2. The smallest absolute Gasteiger partial charge is 0.343 e. The summed E-state index contributed by atoms with van der Waals surface area (Å²) in [5, 5.41) is 10.6. The normalized spacial score (nSPS) is 10.6. The highest BCUT2D eigenvalue weighted by Crippen LogP contribution is 2.18. The van der Waals surface area contributed by atoms with E-state index in [1.807, 2.05) is 0 Å². The van der Waals surface area contributed by atoms with Crippen molar-refractivity contribution in [2.75, 3.05) is 6.61 Å². The summed E-state index contributed by atoms with van der Waals surface area (Å²) in [6.07, 6.45) is 1.37. The van der Waals surface area contributed by atoms with Gasteiger partial charge < -0.3 is 9.47 Å². The SMILES string of the molecule is [C-]#[N+]/C(=C\c1ccc(OC(=O)c2ccc([N+](=O)[O-])cc2)cc1)C(=O)OCC. The Kier molecular flexibility index (Phi) is 6.39. The molecule has 0 N–H and O–H groups in total. The van der Waals surface area contributed by atoms with E-state index in [1.165, 1.54) is 42.5 Å². The predicted molar refractivity (Wildman–Crippen MR) is 95.7 cm³/mol. The van der Waals surface area contributed by atoms with E-state index in [1.54, 1.807) is 19.1 Å². The van der Waals surface area contributed by atoms with Crippen molar-refractivity contribution in [3.05, 3.63) is 86.9 Å². The third-order valence-corrected chi connectivity index (χ3v) is 3.31. The molecule has 27 heavy (non-hydrogen) atoms. The van der Waals surface area contributed by atoms with Gasteiger partial charge in [-0.05, 0) is 42.8 Å². The number of hydrogen-bond donors (Lipinski definition) is 0. The summed E-state index contributed by atoms with van der Waals surface area (Å²) in [6.45, 7) is 8.85. The monoisotopic (exact) mass is 366 g/mol. The Morgan fingerprint density at radius 3 is 2.30 bits per heavy atom. The average Bonchev–Trinajstić information content (AvgIpc) is 2.67. The number of nitrogens with zero attached hydrogens (tertiary/aromatic N) is 2. The first-order valence-electron chi connectivity index (χ1n) is 7.77. The van der Waals surface area contributed by atoms with Gasteiger partial charge in [0.1, 0.15) is 5.75 Å². The van der Waals surface area contributed by atoms with E-state index in [0.29, 0.717) is 5.56 Å². The highest BCUT2D eigenvalue weighted by atomic mass is 16.6. The molecule has 0 aliphatic heterocycles. The second-order valence-corrected chi connectivity index (χ2v) is 5.12. The van der Waals surface area contributed by atoms with Crippen molar-refractivity contribution in [3.63, 3.8) is 0 Å². The third kappa shape index (κ3) is 5.24. The molecule has 136 valence electrons. The molecule has 0 aliphatic carbocycles. The van der Waals surface area contributed by atoms with Crippen LogP contribution < -0.4 is 4.74 Å². The lowest BCUT2D eigenvalue weighted by atomic mass is 10.2. The van der Waals surface area contributed by atoms with Crippen molar-refractivity contribution in [2.45, 2.75) is 6.92 Å². The first-order valence-corrected chi connectivity index (χ1v) is 7.77. The van der Waals surface area contributed by atoms with Crippen molar-refractivity contribution in [2.24, 2.45) is 0 Å². The van der Waals surface area contributed by atoms with Crippen LogP contribution in [0, 0.1) is 16.7 Å². The molecule has 8 nitrogen and oxygen atoms in total. The van der Waals surface area contributed by atoms with Gasteiger partial charge in [-0.15, -0.1) is 0 Å². The van der Waals surface area contributed by atoms with Crippen LogP contribution in [0.2, 0.25) is 0 Å². The molecule has 2 aromatic carbocycles. The Bertz CT molecular complexity index is 924. The maximum absolute atomic E-state index is 12.1. The molecule has 0 bridgehead atoms. The molecular weight excluding hydrogens is 352 g/mol. The van der Waals surface area contributed by atoms with Crippen molar-refractivity contribution >= 4 is 23.7 Å². The van der Waals surface area contributed by atoms with E-state index < -0.39 is 16.9 Å². The summed E-state index contributed by atoms with van der Waals surface area (Å²) in [5.74, 6) is -1.13. The number of esters is 2. The van der Waals surface area contributed by atoms with Crippen LogP contribution in [0.4, 0.5) is 5.69 Å². The Hall–Kier alpha value is -3.99. The minimum absolute atomic E-state index is 0.125. The van der Waals surface area contributed by atoms with Crippen LogP contribution >= 0.6 is 0 Å². The summed E-state index contributed by atoms with van der Waals surface area (Å²) < 4.78 is 9.97. The zero-order valence-corrected chi connectivity index (χ0v) is 14.2. The molecule has 0 unspecified atom stereocenters. The van der Waals surface area contributed by atoms with Gasteiger partial charge in [0.25, 0.3) is 11.4 Å². The Morgan fingerprint density at radius 2 is 1.78 bits per heavy atom. The van der Waals surface area contributed by atoms with Crippen molar-refractivity contribution in [3.8, 4) is 5.75 Å². The van der Waals surface area contributed by atoms with Crippen LogP contribution in [0.1, 0.15) is 22.8 Å². The summed E-state index contributed by atoms with van der Waals surface area (Å²) in [6, 6.07) is 11.2. The number of nitro benzene ring substituents is 1. The second kappa shape index (κ2) is 8.92. The molecule has 8 heteroatoms. The average molecular weight is 366 g/mol. The molecule has 0 aliphatic rings. The van der Waals surface area contributed by atoms with Gasteiger partial charge in [0.15, 0.2) is 0 Å². The number of carbonyl (C=O) groups is 2. The molecule has 0 radical (unpaired) electrons. The van der Waals surface area contributed by atoms with Gasteiger partial charge >= 0.3 is 11.9 Å². The van der Waals surface area contributed by atoms with Crippen molar-refractivity contribution < 1.29 is 24.0 Å². The molecule has 0 spiro atoms. The van der Waals surface area contributed by atoms with Gasteiger partial charge in [-0.1, -0.05) is 12.1 Å². The zero-order chi connectivity index (χ0) is 19.8. The van der Waals surface area contributed by atoms with Crippen LogP contribution in [-0.2, 0) is 9.53 Å². The second-order valence-electron chi connectivity index (χ2n) is 5.12. The number of ether oxygens (including phenoxy) is 2. The Morgan fingerprint density at radius 1 is 1.15 bits per heavy atom. The molecule has 0 atom stereocenters. The molecule has 0 fully saturated rings. The minimum atomic E-state index is -0.707. The molecule has 0 saturated heterocycles. The Labute approximate surface area is 154 Å². The fourth-order valence-electron chi connectivity index (χ4n) is 2.02. The number of nitro groups is 1. The first-order chi connectivity index (χ1) is 12.9. The zero-order valence-electron chi connectivity index (χ0n) is 14.2.